The second-order valence-electron chi connectivity index (χ2n) is 6.32. The van der Waals surface area contributed by atoms with Crippen LogP contribution in [0.4, 0.5) is 0 Å². The monoisotopic (exact) mass is 287 g/mol. The summed E-state index contributed by atoms with van der Waals surface area (Å²) >= 11 is 0. The zero-order chi connectivity index (χ0) is 15.1. The molecular formula is C17H21NO3. The van der Waals surface area contributed by atoms with Crippen LogP contribution in [0.2, 0.25) is 0 Å². The van der Waals surface area contributed by atoms with Gasteiger partial charge in [-0.2, -0.15) is 0 Å². The van der Waals surface area contributed by atoms with E-state index in [-0.39, 0.29) is 18.0 Å². The second-order valence-corrected chi connectivity index (χ2v) is 6.32. The number of amides is 1. The van der Waals surface area contributed by atoms with Crippen molar-refractivity contribution in [1.82, 2.24) is 4.90 Å². The van der Waals surface area contributed by atoms with Crippen molar-refractivity contribution in [2.75, 3.05) is 0 Å². The first-order valence-electron chi connectivity index (χ1n) is 7.60. The fourth-order valence-corrected chi connectivity index (χ4v) is 3.48. The Balaban J connectivity index is 2.06. The first-order chi connectivity index (χ1) is 9.99. The predicted octanol–water partition coefficient (Wildman–Crippen LogP) is 2.83. The molecule has 1 saturated carbocycles. The molecule has 112 valence electrons. The number of carboxylic acid groups (broad SMARTS) is 1. The van der Waals surface area contributed by atoms with Gasteiger partial charge in [-0.3, -0.25) is 9.59 Å². The van der Waals surface area contributed by atoms with E-state index < -0.39 is 11.9 Å². The van der Waals surface area contributed by atoms with E-state index >= 15 is 0 Å². The summed E-state index contributed by atoms with van der Waals surface area (Å²) in [6.45, 7) is 4.03. The molecule has 21 heavy (non-hydrogen) atoms. The van der Waals surface area contributed by atoms with Gasteiger partial charge in [0.1, 0.15) is 0 Å². The number of piperidine rings is 1. The highest BCUT2D eigenvalue weighted by molar-refractivity contribution is 5.82. The first kappa shape index (κ1) is 14.1. The van der Waals surface area contributed by atoms with E-state index in [1.807, 2.05) is 30.9 Å². The van der Waals surface area contributed by atoms with Crippen molar-refractivity contribution in [2.45, 2.75) is 51.6 Å². The van der Waals surface area contributed by atoms with Crippen molar-refractivity contribution >= 4 is 11.9 Å². The smallest absolute Gasteiger partial charge is 0.308 e. The van der Waals surface area contributed by atoms with Gasteiger partial charge in [-0.05, 0) is 44.2 Å². The Morgan fingerprint density at radius 2 is 1.95 bits per heavy atom. The fraction of sp³-hybridized carbons (Fsp3) is 0.529. The summed E-state index contributed by atoms with van der Waals surface area (Å²) in [6.07, 6.45) is 2.79. The first-order valence-corrected chi connectivity index (χ1v) is 7.60. The Labute approximate surface area is 124 Å². The van der Waals surface area contributed by atoms with Crippen LogP contribution in [0.15, 0.2) is 18.2 Å². The van der Waals surface area contributed by atoms with E-state index in [4.69, 9.17) is 0 Å². The van der Waals surface area contributed by atoms with Gasteiger partial charge in [-0.1, -0.05) is 23.8 Å². The largest absolute Gasteiger partial charge is 0.481 e. The number of carbonyl (C=O) groups excluding carboxylic acids is 1. The Hall–Kier alpha value is -1.84. The van der Waals surface area contributed by atoms with Crippen molar-refractivity contribution in [1.29, 1.82) is 0 Å². The molecule has 0 bridgehead atoms. The minimum atomic E-state index is -0.793. The molecule has 1 heterocycles. The van der Waals surface area contributed by atoms with Crippen LogP contribution in [0.1, 0.15) is 48.4 Å². The Morgan fingerprint density at radius 3 is 2.52 bits per heavy atom. The molecule has 1 aliphatic heterocycles. The second kappa shape index (κ2) is 5.17. The lowest BCUT2D eigenvalue weighted by atomic mass is 9.82. The minimum absolute atomic E-state index is 0.111. The number of aryl methyl sites for hydroxylation is 2. The maximum atomic E-state index is 12.3. The Kier molecular flexibility index (Phi) is 3.47. The molecule has 1 aromatic carbocycles. The third-order valence-electron chi connectivity index (χ3n) is 4.64. The van der Waals surface area contributed by atoms with Gasteiger partial charge in [-0.15, -0.1) is 0 Å². The van der Waals surface area contributed by atoms with E-state index in [0.717, 1.165) is 29.5 Å². The van der Waals surface area contributed by atoms with Gasteiger partial charge in [0.05, 0.1) is 12.0 Å². The van der Waals surface area contributed by atoms with Crippen molar-refractivity contribution in [3.05, 3.63) is 34.9 Å². The summed E-state index contributed by atoms with van der Waals surface area (Å²) in [6, 6.07) is 6.01. The minimum Gasteiger partial charge on any atom is -0.481 e. The molecule has 1 saturated heterocycles. The molecule has 1 amide bonds. The zero-order valence-corrected chi connectivity index (χ0v) is 12.5. The SMILES string of the molecule is Cc1ccc(C2C(C(=O)O)CCC(=O)N2C2CC2)c(C)c1. The summed E-state index contributed by atoms with van der Waals surface area (Å²) in [5, 5.41) is 9.58. The third-order valence-corrected chi connectivity index (χ3v) is 4.64. The summed E-state index contributed by atoms with van der Waals surface area (Å²) < 4.78 is 0. The highest BCUT2D eigenvalue weighted by Crippen LogP contribution is 2.44. The number of nitrogens with zero attached hydrogens (tertiary/aromatic N) is 1. The van der Waals surface area contributed by atoms with Crippen LogP contribution < -0.4 is 0 Å². The summed E-state index contributed by atoms with van der Waals surface area (Å²) in [5.41, 5.74) is 3.22. The van der Waals surface area contributed by atoms with Gasteiger partial charge in [0.2, 0.25) is 5.91 Å². The molecule has 4 heteroatoms. The molecule has 0 radical (unpaired) electrons. The quantitative estimate of drug-likeness (QED) is 0.930. The lowest BCUT2D eigenvalue weighted by Crippen LogP contribution is -2.46. The van der Waals surface area contributed by atoms with E-state index in [1.165, 1.54) is 0 Å². The molecule has 4 nitrogen and oxygen atoms in total. The number of hydrogen-bond acceptors (Lipinski definition) is 2. The molecule has 2 aliphatic rings. The van der Waals surface area contributed by atoms with Crippen molar-refractivity contribution in [2.24, 2.45) is 5.92 Å². The molecule has 2 fully saturated rings. The van der Waals surface area contributed by atoms with Gasteiger partial charge in [0, 0.05) is 12.5 Å². The van der Waals surface area contributed by atoms with Crippen LogP contribution in [0.3, 0.4) is 0 Å². The lowest BCUT2D eigenvalue weighted by Gasteiger charge is -2.40. The number of benzene rings is 1. The Bertz CT molecular complexity index is 592. The standard InChI is InChI=1S/C17H21NO3/c1-10-3-6-13(11(2)9-10)16-14(17(20)21)7-8-15(19)18(16)12-4-5-12/h3,6,9,12,14,16H,4-5,7-8H2,1-2H3,(H,20,21). The summed E-state index contributed by atoms with van der Waals surface area (Å²) in [4.78, 5) is 25.9. The van der Waals surface area contributed by atoms with Crippen LogP contribution in [0.5, 0.6) is 0 Å². The lowest BCUT2D eigenvalue weighted by molar-refractivity contribution is -0.152. The maximum absolute atomic E-state index is 12.3. The van der Waals surface area contributed by atoms with Crippen LogP contribution in [0, 0.1) is 19.8 Å². The molecule has 1 aliphatic carbocycles. The highest BCUT2D eigenvalue weighted by Gasteiger charge is 2.46. The number of carbonyl (C=O) groups is 2. The van der Waals surface area contributed by atoms with Gasteiger partial charge in [0.25, 0.3) is 0 Å². The van der Waals surface area contributed by atoms with Gasteiger partial charge >= 0.3 is 5.97 Å². The van der Waals surface area contributed by atoms with E-state index in [9.17, 15) is 14.7 Å². The molecule has 1 N–H and O–H groups in total. The molecule has 0 spiro atoms. The molecule has 2 atom stereocenters. The van der Waals surface area contributed by atoms with Crippen molar-refractivity contribution in [3.8, 4) is 0 Å². The van der Waals surface area contributed by atoms with Gasteiger partial charge in [0.15, 0.2) is 0 Å². The number of likely N-dealkylation sites (tertiary alicyclic amines) is 1. The predicted molar refractivity (Wildman–Crippen MR) is 78.9 cm³/mol. The van der Waals surface area contributed by atoms with E-state index in [1.54, 1.807) is 0 Å². The third kappa shape index (κ3) is 2.55. The fourth-order valence-electron chi connectivity index (χ4n) is 3.48. The van der Waals surface area contributed by atoms with Gasteiger partial charge in [-0.25, -0.2) is 0 Å². The molecule has 1 aromatic rings. The van der Waals surface area contributed by atoms with Crippen LogP contribution in [0.25, 0.3) is 0 Å². The molecule has 2 unspecified atom stereocenters. The maximum Gasteiger partial charge on any atom is 0.308 e. The average Bonchev–Trinajstić information content (AvgIpc) is 3.22. The highest BCUT2D eigenvalue weighted by atomic mass is 16.4. The zero-order valence-electron chi connectivity index (χ0n) is 12.5. The van der Waals surface area contributed by atoms with Crippen molar-refractivity contribution in [3.63, 3.8) is 0 Å². The average molecular weight is 287 g/mol. The number of aliphatic carboxylic acids is 1. The van der Waals surface area contributed by atoms with E-state index in [2.05, 4.69) is 6.07 Å². The van der Waals surface area contributed by atoms with E-state index in [0.29, 0.717) is 12.8 Å². The van der Waals surface area contributed by atoms with Crippen molar-refractivity contribution < 1.29 is 14.7 Å². The topological polar surface area (TPSA) is 57.6 Å². The summed E-state index contributed by atoms with van der Waals surface area (Å²) in [7, 11) is 0. The molecular weight excluding hydrogens is 266 g/mol. The number of hydrogen-bond donors (Lipinski definition) is 1. The normalized spacial score (nSPS) is 26.0. The van der Waals surface area contributed by atoms with Crippen LogP contribution in [-0.4, -0.2) is 27.9 Å². The molecule has 0 aromatic heterocycles. The summed E-state index contributed by atoms with van der Waals surface area (Å²) in [5.74, 6) is -1.18. The van der Waals surface area contributed by atoms with Crippen LogP contribution >= 0.6 is 0 Å². The number of carboxylic acids is 1. The number of rotatable bonds is 3. The molecule has 3 rings (SSSR count). The van der Waals surface area contributed by atoms with Crippen LogP contribution in [-0.2, 0) is 9.59 Å². The Morgan fingerprint density at radius 1 is 1.24 bits per heavy atom. The van der Waals surface area contributed by atoms with Gasteiger partial charge < -0.3 is 10.0 Å².